The van der Waals surface area contributed by atoms with Gasteiger partial charge >= 0.3 is 0 Å². The molecule has 2 aromatic heterocycles. The molecule has 0 saturated carbocycles. The molecule has 3 rings (SSSR count). The molecule has 0 bridgehead atoms. The van der Waals surface area contributed by atoms with Crippen molar-refractivity contribution in [3.63, 3.8) is 0 Å². The molecule has 8 nitrogen and oxygen atoms in total. The zero-order valence-corrected chi connectivity index (χ0v) is 12.2. The van der Waals surface area contributed by atoms with Gasteiger partial charge in [0.15, 0.2) is 0 Å². The van der Waals surface area contributed by atoms with Crippen molar-refractivity contribution in [2.45, 2.75) is 30.7 Å². The molecule has 21 heavy (non-hydrogen) atoms. The molecule has 0 spiro atoms. The van der Waals surface area contributed by atoms with Crippen molar-refractivity contribution in [3.8, 4) is 0 Å². The zero-order valence-electron chi connectivity index (χ0n) is 11.4. The van der Waals surface area contributed by atoms with Crippen LogP contribution in [0.4, 0.5) is 0 Å². The van der Waals surface area contributed by atoms with Crippen LogP contribution in [0.2, 0.25) is 0 Å². The second-order valence-corrected chi connectivity index (χ2v) is 6.85. The highest BCUT2D eigenvalue weighted by Gasteiger charge is 2.37. The Labute approximate surface area is 121 Å². The van der Waals surface area contributed by atoms with E-state index in [1.54, 1.807) is 6.92 Å². The second-order valence-electron chi connectivity index (χ2n) is 4.96. The van der Waals surface area contributed by atoms with Crippen LogP contribution >= 0.6 is 0 Å². The monoisotopic (exact) mass is 309 g/mol. The zero-order chi connectivity index (χ0) is 15.0. The summed E-state index contributed by atoms with van der Waals surface area (Å²) >= 11 is 0. The number of sulfonamides is 1. The maximum absolute atomic E-state index is 12.6. The fourth-order valence-electron chi connectivity index (χ4n) is 2.61. The molecule has 1 fully saturated rings. The van der Waals surface area contributed by atoms with Crippen molar-refractivity contribution < 1.29 is 8.42 Å². The van der Waals surface area contributed by atoms with Gasteiger partial charge in [-0.05, 0) is 19.8 Å². The van der Waals surface area contributed by atoms with E-state index in [0.29, 0.717) is 24.5 Å². The van der Waals surface area contributed by atoms with Crippen LogP contribution in [0, 0.1) is 6.92 Å². The first kappa shape index (κ1) is 14.0. The van der Waals surface area contributed by atoms with Gasteiger partial charge in [-0.25, -0.2) is 13.4 Å². The first-order chi connectivity index (χ1) is 9.98. The van der Waals surface area contributed by atoms with Gasteiger partial charge in [0.2, 0.25) is 10.0 Å². The molecule has 1 saturated heterocycles. The van der Waals surface area contributed by atoms with E-state index in [-0.39, 0.29) is 10.5 Å². The number of aromatic nitrogens is 4. The first-order valence-electron chi connectivity index (χ1n) is 6.57. The molecule has 0 aliphatic carbocycles. The summed E-state index contributed by atoms with van der Waals surface area (Å²) in [6.45, 7) is 2.08. The highest BCUT2D eigenvalue weighted by atomic mass is 32.2. The number of aryl methyl sites for hydroxylation is 1. The summed E-state index contributed by atoms with van der Waals surface area (Å²) in [5, 5.41) is 6.19. The maximum atomic E-state index is 12.6. The van der Waals surface area contributed by atoms with E-state index in [0.717, 1.165) is 6.42 Å². The first-order valence-corrected chi connectivity index (χ1v) is 8.01. The molecule has 2 N–H and O–H groups in total. The van der Waals surface area contributed by atoms with Crippen molar-refractivity contribution >= 4 is 10.0 Å². The summed E-state index contributed by atoms with van der Waals surface area (Å²) in [5.74, 6) is 0.477. The van der Waals surface area contributed by atoms with Crippen molar-refractivity contribution in [2.24, 2.45) is 0 Å². The average molecular weight is 309 g/mol. The van der Waals surface area contributed by atoms with Crippen LogP contribution in [-0.2, 0) is 10.0 Å². The Morgan fingerprint density at radius 1 is 1.43 bits per heavy atom. The molecule has 2 aromatic rings. The lowest BCUT2D eigenvalue weighted by molar-refractivity contribution is 0.389. The Morgan fingerprint density at radius 3 is 2.90 bits per heavy atom. The van der Waals surface area contributed by atoms with Gasteiger partial charge in [-0.1, -0.05) is 0 Å². The van der Waals surface area contributed by atoms with Crippen LogP contribution in [0.15, 0.2) is 28.2 Å². The number of aromatic amines is 2. The van der Waals surface area contributed by atoms with Crippen molar-refractivity contribution in [2.75, 3.05) is 6.54 Å². The predicted molar refractivity (Wildman–Crippen MR) is 74.0 cm³/mol. The number of rotatable bonds is 3. The maximum Gasteiger partial charge on any atom is 0.251 e. The largest absolute Gasteiger partial charge is 0.311 e. The predicted octanol–water partition coefficient (Wildman–Crippen LogP) is 0.327. The molecule has 0 amide bonds. The van der Waals surface area contributed by atoms with E-state index < -0.39 is 16.1 Å². The minimum absolute atomic E-state index is 0.121. The third-order valence-corrected chi connectivity index (χ3v) is 5.38. The van der Waals surface area contributed by atoms with Gasteiger partial charge in [0, 0.05) is 18.8 Å². The van der Waals surface area contributed by atoms with Gasteiger partial charge in [-0.2, -0.15) is 9.40 Å². The lowest BCUT2D eigenvalue weighted by Gasteiger charge is -2.22. The Balaban J connectivity index is 2.02. The number of hydrogen-bond donors (Lipinski definition) is 2. The van der Waals surface area contributed by atoms with Gasteiger partial charge in [0.25, 0.3) is 5.56 Å². The van der Waals surface area contributed by atoms with Gasteiger partial charge in [-0.15, -0.1) is 0 Å². The van der Waals surface area contributed by atoms with Crippen molar-refractivity contribution in [1.29, 1.82) is 0 Å². The van der Waals surface area contributed by atoms with Gasteiger partial charge in [-0.3, -0.25) is 9.89 Å². The van der Waals surface area contributed by atoms with Crippen LogP contribution in [-0.4, -0.2) is 39.4 Å². The third-order valence-electron chi connectivity index (χ3n) is 3.50. The van der Waals surface area contributed by atoms with Crippen molar-refractivity contribution in [1.82, 2.24) is 24.5 Å². The topological polar surface area (TPSA) is 112 Å². The number of nitrogens with zero attached hydrogens (tertiary/aromatic N) is 3. The number of hydrogen-bond acceptors (Lipinski definition) is 5. The molecule has 1 aliphatic heterocycles. The second kappa shape index (κ2) is 5.08. The molecule has 1 atom stereocenters. The van der Waals surface area contributed by atoms with E-state index in [9.17, 15) is 13.2 Å². The molecule has 0 unspecified atom stereocenters. The molecular weight excluding hydrogens is 294 g/mol. The van der Waals surface area contributed by atoms with Crippen LogP contribution in [0.3, 0.4) is 0 Å². The fourth-order valence-corrected chi connectivity index (χ4v) is 4.19. The molecule has 3 heterocycles. The molecule has 1 aliphatic rings. The van der Waals surface area contributed by atoms with Gasteiger partial charge in [0.05, 0.1) is 17.9 Å². The summed E-state index contributed by atoms with van der Waals surface area (Å²) in [6, 6.07) is 0.951. The Kier molecular flexibility index (Phi) is 3.38. The molecule has 0 aromatic carbocycles. The van der Waals surface area contributed by atoms with Gasteiger partial charge < -0.3 is 4.98 Å². The summed E-state index contributed by atoms with van der Waals surface area (Å²) in [4.78, 5) is 18.5. The molecule has 0 radical (unpaired) electrons. The minimum atomic E-state index is -3.63. The SMILES string of the molecule is Cc1nc([C@@H]2CCCN2S(=O)(=O)c2cn[nH]c2)cc(=O)[nH]1. The number of H-pyrrole nitrogens is 2. The highest BCUT2D eigenvalue weighted by molar-refractivity contribution is 7.89. The van der Waals surface area contributed by atoms with Crippen LogP contribution in [0.1, 0.15) is 30.4 Å². The van der Waals surface area contributed by atoms with E-state index in [1.165, 1.54) is 22.8 Å². The average Bonchev–Trinajstić information content (AvgIpc) is 3.10. The number of nitrogens with one attached hydrogen (secondary N) is 2. The Morgan fingerprint density at radius 2 is 2.24 bits per heavy atom. The molecular formula is C12H15N5O3S. The standard InChI is InChI=1S/C12H15N5O3S/c1-8-15-10(5-12(18)16-8)11-3-2-4-17(11)21(19,20)9-6-13-14-7-9/h5-7,11H,2-4H2,1H3,(H,13,14)(H,15,16,18)/t11-/m0/s1. The van der Waals surface area contributed by atoms with Crippen molar-refractivity contribution in [3.05, 3.63) is 40.3 Å². The van der Waals surface area contributed by atoms with Crippen LogP contribution in [0.5, 0.6) is 0 Å². The van der Waals surface area contributed by atoms with E-state index in [1.807, 2.05) is 0 Å². The molecule has 9 heteroatoms. The lowest BCUT2D eigenvalue weighted by Crippen LogP contribution is -2.31. The molecule has 112 valence electrons. The van der Waals surface area contributed by atoms with E-state index in [4.69, 9.17) is 0 Å². The quantitative estimate of drug-likeness (QED) is 0.848. The highest BCUT2D eigenvalue weighted by Crippen LogP contribution is 2.34. The Hall–Kier alpha value is -2.00. The smallest absolute Gasteiger partial charge is 0.251 e. The van der Waals surface area contributed by atoms with Crippen LogP contribution in [0.25, 0.3) is 0 Å². The normalized spacial score (nSPS) is 20.0. The van der Waals surface area contributed by atoms with Crippen LogP contribution < -0.4 is 5.56 Å². The van der Waals surface area contributed by atoms with Gasteiger partial charge in [0.1, 0.15) is 10.7 Å². The minimum Gasteiger partial charge on any atom is -0.311 e. The summed E-state index contributed by atoms with van der Waals surface area (Å²) < 4.78 is 26.6. The summed E-state index contributed by atoms with van der Waals surface area (Å²) in [7, 11) is -3.63. The van der Waals surface area contributed by atoms with E-state index >= 15 is 0 Å². The summed E-state index contributed by atoms with van der Waals surface area (Å²) in [6.07, 6.45) is 4.00. The third kappa shape index (κ3) is 2.49. The summed E-state index contributed by atoms with van der Waals surface area (Å²) in [5.41, 5.74) is 0.214. The lowest BCUT2D eigenvalue weighted by atomic mass is 10.1. The fraction of sp³-hybridized carbons (Fsp3) is 0.417. The van der Waals surface area contributed by atoms with E-state index in [2.05, 4.69) is 20.2 Å². The Bertz CT molecular complexity index is 797.